The summed E-state index contributed by atoms with van der Waals surface area (Å²) in [5.74, 6) is -0.277. The topological polar surface area (TPSA) is 147 Å². The first-order valence-electron chi connectivity index (χ1n) is 9.53. The molecule has 1 unspecified atom stereocenters. The van der Waals surface area contributed by atoms with Gasteiger partial charge in [0.05, 0.1) is 17.1 Å². The normalized spacial score (nSPS) is 14.0. The summed E-state index contributed by atoms with van der Waals surface area (Å²) in [6, 6.07) is 3.23. The van der Waals surface area contributed by atoms with Crippen LogP contribution in [0.4, 0.5) is 11.4 Å². The number of anilines is 1. The van der Waals surface area contributed by atoms with Gasteiger partial charge < -0.3 is 25.8 Å². The number of aryl methyl sites for hydroxylation is 1. The first-order valence-corrected chi connectivity index (χ1v) is 9.53. The van der Waals surface area contributed by atoms with Gasteiger partial charge in [0.15, 0.2) is 0 Å². The summed E-state index contributed by atoms with van der Waals surface area (Å²) in [7, 11) is 3.76. The lowest BCUT2D eigenvalue weighted by atomic mass is 9.97. The lowest BCUT2D eigenvalue weighted by molar-refractivity contribution is -0.383. The molecule has 160 valence electrons. The molecule has 4 N–H and O–H groups in total. The van der Waals surface area contributed by atoms with Crippen molar-refractivity contribution in [3.63, 3.8) is 0 Å². The Kier molecular flexibility index (Phi) is 6.06. The van der Waals surface area contributed by atoms with Crippen LogP contribution in [-0.4, -0.2) is 54.1 Å². The number of nitrogens with zero attached hydrogens (tertiary/aromatic N) is 3. The van der Waals surface area contributed by atoms with Crippen LogP contribution in [0.2, 0.25) is 0 Å². The molecule has 2 heterocycles. The summed E-state index contributed by atoms with van der Waals surface area (Å²) in [4.78, 5) is 29.5. The molecule has 0 bridgehead atoms. The molecule has 0 saturated carbocycles. The van der Waals surface area contributed by atoms with Crippen LogP contribution in [-0.2, 0) is 6.42 Å². The SMILES string of the molecule is CC(CN(C)C)Oc1cc(-c2cnc3c(c2)CCCO3)c([N+](=O)[O-])c(N)c1C(N)=O. The van der Waals surface area contributed by atoms with E-state index in [9.17, 15) is 14.9 Å². The number of fused-ring (bicyclic) bond motifs is 1. The number of hydrogen-bond donors (Lipinski definition) is 2. The van der Waals surface area contributed by atoms with Crippen LogP contribution in [0.25, 0.3) is 11.1 Å². The summed E-state index contributed by atoms with van der Waals surface area (Å²) in [5.41, 5.74) is 12.1. The molecule has 1 aromatic carbocycles. The van der Waals surface area contributed by atoms with Gasteiger partial charge in [-0.2, -0.15) is 0 Å². The Morgan fingerprint density at radius 1 is 1.43 bits per heavy atom. The van der Waals surface area contributed by atoms with Gasteiger partial charge in [0.1, 0.15) is 23.1 Å². The van der Waals surface area contributed by atoms with E-state index < -0.39 is 16.5 Å². The van der Waals surface area contributed by atoms with E-state index in [1.807, 2.05) is 25.9 Å². The minimum absolute atomic E-state index is 0.101. The van der Waals surface area contributed by atoms with E-state index in [2.05, 4.69) is 4.98 Å². The molecule has 1 aliphatic heterocycles. The van der Waals surface area contributed by atoms with E-state index in [1.165, 1.54) is 12.3 Å². The van der Waals surface area contributed by atoms with Gasteiger partial charge in [0.25, 0.3) is 5.91 Å². The van der Waals surface area contributed by atoms with E-state index in [0.29, 0.717) is 24.6 Å². The molecule has 10 nitrogen and oxygen atoms in total. The number of primary amides is 1. The third-order valence-electron chi connectivity index (χ3n) is 4.75. The zero-order valence-corrected chi connectivity index (χ0v) is 17.2. The molecule has 2 aromatic rings. The fourth-order valence-corrected chi connectivity index (χ4v) is 3.59. The van der Waals surface area contributed by atoms with Crippen LogP contribution in [0.15, 0.2) is 18.3 Å². The third-order valence-corrected chi connectivity index (χ3v) is 4.75. The average Bonchev–Trinajstić information content (AvgIpc) is 2.65. The first-order chi connectivity index (χ1) is 14.2. The minimum atomic E-state index is -0.897. The smallest absolute Gasteiger partial charge is 0.301 e. The Morgan fingerprint density at radius 3 is 2.80 bits per heavy atom. The second-order valence-electron chi connectivity index (χ2n) is 7.51. The van der Waals surface area contributed by atoms with Crippen molar-refractivity contribution in [2.75, 3.05) is 33.0 Å². The summed E-state index contributed by atoms with van der Waals surface area (Å²) < 4.78 is 11.4. The van der Waals surface area contributed by atoms with Crippen molar-refractivity contribution in [1.82, 2.24) is 9.88 Å². The highest BCUT2D eigenvalue weighted by Gasteiger charge is 2.30. The lowest BCUT2D eigenvalue weighted by Gasteiger charge is -2.22. The molecule has 1 amide bonds. The zero-order chi connectivity index (χ0) is 22.0. The molecular weight excluding hydrogens is 390 g/mol. The molecule has 1 atom stereocenters. The first kappa shape index (κ1) is 21.3. The fraction of sp³-hybridized carbons (Fsp3) is 0.400. The van der Waals surface area contributed by atoms with Crippen molar-refractivity contribution in [2.45, 2.75) is 25.9 Å². The Balaban J connectivity index is 2.18. The van der Waals surface area contributed by atoms with Crippen LogP contribution in [0, 0.1) is 10.1 Å². The molecule has 30 heavy (non-hydrogen) atoms. The second-order valence-corrected chi connectivity index (χ2v) is 7.51. The van der Waals surface area contributed by atoms with Crippen molar-refractivity contribution in [1.29, 1.82) is 0 Å². The molecule has 1 aromatic heterocycles. The number of carbonyl (C=O) groups excluding carboxylic acids is 1. The monoisotopic (exact) mass is 415 g/mol. The van der Waals surface area contributed by atoms with Crippen LogP contribution in [0.3, 0.4) is 0 Å². The summed E-state index contributed by atoms with van der Waals surface area (Å²) in [6.45, 7) is 2.96. The molecular formula is C20H25N5O5. The molecule has 0 saturated heterocycles. The van der Waals surface area contributed by atoms with Gasteiger partial charge in [0.2, 0.25) is 5.88 Å². The van der Waals surface area contributed by atoms with E-state index >= 15 is 0 Å². The Morgan fingerprint density at radius 2 is 2.17 bits per heavy atom. The molecule has 0 aliphatic carbocycles. The highest BCUT2D eigenvalue weighted by molar-refractivity contribution is 6.05. The number of nitrogens with two attached hydrogens (primary N) is 2. The fourth-order valence-electron chi connectivity index (χ4n) is 3.59. The number of ether oxygens (including phenoxy) is 2. The maximum Gasteiger partial charge on any atom is 0.301 e. The number of nitro groups is 1. The number of nitro benzene ring substituents is 1. The number of carbonyl (C=O) groups is 1. The van der Waals surface area contributed by atoms with Crippen molar-refractivity contribution >= 4 is 17.3 Å². The second kappa shape index (κ2) is 8.54. The van der Waals surface area contributed by atoms with E-state index in [4.69, 9.17) is 20.9 Å². The van der Waals surface area contributed by atoms with Crippen molar-refractivity contribution in [3.05, 3.63) is 39.6 Å². The average molecular weight is 415 g/mol. The number of rotatable bonds is 7. The third kappa shape index (κ3) is 4.28. The predicted molar refractivity (Wildman–Crippen MR) is 112 cm³/mol. The number of aromatic nitrogens is 1. The summed E-state index contributed by atoms with van der Waals surface area (Å²) >= 11 is 0. The van der Waals surface area contributed by atoms with Crippen molar-refractivity contribution in [2.24, 2.45) is 5.73 Å². The molecule has 0 radical (unpaired) electrons. The van der Waals surface area contributed by atoms with Gasteiger partial charge in [0, 0.05) is 23.9 Å². The van der Waals surface area contributed by atoms with Gasteiger partial charge >= 0.3 is 5.69 Å². The summed E-state index contributed by atoms with van der Waals surface area (Å²) in [6.07, 6.45) is 2.76. The van der Waals surface area contributed by atoms with E-state index in [-0.39, 0.29) is 28.7 Å². The number of likely N-dealkylation sites (N-methyl/N-ethyl adjacent to an activating group) is 1. The molecule has 10 heteroatoms. The number of hydrogen-bond acceptors (Lipinski definition) is 8. The van der Waals surface area contributed by atoms with Gasteiger partial charge in [-0.1, -0.05) is 0 Å². The number of nitrogen functional groups attached to an aromatic ring is 1. The van der Waals surface area contributed by atoms with Crippen molar-refractivity contribution in [3.8, 4) is 22.8 Å². The molecule has 3 rings (SSSR count). The van der Waals surface area contributed by atoms with E-state index in [1.54, 1.807) is 6.07 Å². The Bertz CT molecular complexity index is 992. The van der Waals surface area contributed by atoms with Crippen LogP contribution in [0.1, 0.15) is 29.3 Å². The largest absolute Gasteiger partial charge is 0.488 e. The van der Waals surface area contributed by atoms with Crippen molar-refractivity contribution < 1.29 is 19.2 Å². The predicted octanol–water partition coefficient (Wildman–Crippen LogP) is 1.99. The van der Waals surface area contributed by atoms with Gasteiger partial charge in [-0.05, 0) is 46.0 Å². The summed E-state index contributed by atoms with van der Waals surface area (Å²) in [5, 5.41) is 11.8. The molecule has 0 fully saturated rings. The standard InChI is InChI=1S/C20H25N5O5/c1-11(10-24(2)3)30-15-8-14(18(25(27)28)17(21)16(15)19(22)26)13-7-12-5-4-6-29-20(12)23-9-13/h7-9,11H,4-6,10,21H2,1-3H3,(H2,22,26). The Hall–Kier alpha value is -3.40. The number of pyridine rings is 1. The maximum atomic E-state index is 12.1. The number of benzene rings is 1. The van der Waals surface area contributed by atoms with Gasteiger partial charge in [-0.25, -0.2) is 4.98 Å². The lowest BCUT2D eigenvalue weighted by Crippen LogP contribution is -2.29. The molecule has 1 aliphatic rings. The van der Waals surface area contributed by atoms with E-state index in [0.717, 1.165) is 18.4 Å². The maximum absolute atomic E-state index is 12.1. The highest BCUT2D eigenvalue weighted by Crippen LogP contribution is 2.43. The van der Waals surface area contributed by atoms with Crippen LogP contribution >= 0.6 is 0 Å². The Labute approximate surface area is 173 Å². The minimum Gasteiger partial charge on any atom is -0.488 e. The highest BCUT2D eigenvalue weighted by atomic mass is 16.6. The van der Waals surface area contributed by atoms with Gasteiger partial charge in [-0.15, -0.1) is 0 Å². The van der Waals surface area contributed by atoms with Crippen LogP contribution in [0.5, 0.6) is 11.6 Å². The van der Waals surface area contributed by atoms with Crippen LogP contribution < -0.4 is 20.9 Å². The number of amides is 1. The van der Waals surface area contributed by atoms with Gasteiger partial charge in [-0.3, -0.25) is 14.9 Å². The molecule has 0 spiro atoms. The zero-order valence-electron chi connectivity index (χ0n) is 17.2. The quantitative estimate of drug-likeness (QED) is 0.396.